The van der Waals surface area contributed by atoms with Crippen molar-refractivity contribution in [3.05, 3.63) is 59.4 Å². The van der Waals surface area contributed by atoms with Crippen molar-refractivity contribution in [3.8, 4) is 0 Å². The molecule has 310 valence electrons. The summed E-state index contributed by atoms with van der Waals surface area (Å²) in [6, 6.07) is 4.14. The number of ether oxygens (including phenoxy) is 2. The van der Waals surface area contributed by atoms with E-state index in [-0.39, 0.29) is 59.9 Å². The van der Waals surface area contributed by atoms with Crippen LogP contribution in [-0.2, 0) is 52.7 Å². The van der Waals surface area contributed by atoms with Crippen molar-refractivity contribution in [2.75, 3.05) is 13.1 Å². The third kappa shape index (κ3) is 15.4. The van der Waals surface area contributed by atoms with Crippen LogP contribution in [-0.4, -0.2) is 91.1 Å². The zero-order chi connectivity index (χ0) is 41.6. The van der Waals surface area contributed by atoms with Gasteiger partial charge in [-0.05, 0) is 96.6 Å². The van der Waals surface area contributed by atoms with Crippen LogP contribution < -0.4 is 15.8 Å². The van der Waals surface area contributed by atoms with Crippen molar-refractivity contribution in [2.45, 2.75) is 122 Å². The number of allylic oxidation sites excluding steroid dienone is 3. The van der Waals surface area contributed by atoms with Gasteiger partial charge in [0.1, 0.15) is 41.1 Å². The molecule has 17 heteroatoms. The molecule has 0 radical (unpaired) electrons. The quantitative estimate of drug-likeness (QED) is 0.123. The highest BCUT2D eigenvalue weighted by Crippen LogP contribution is 2.40. The van der Waals surface area contributed by atoms with E-state index in [1.165, 1.54) is 21.9 Å². The van der Waals surface area contributed by atoms with Crippen LogP contribution in [0, 0.1) is 17.7 Å². The molecule has 5 atom stereocenters. The number of primary amides is 1. The van der Waals surface area contributed by atoms with Gasteiger partial charge in [-0.2, -0.15) is 0 Å². The highest BCUT2D eigenvalue weighted by molar-refractivity contribution is 7.84. The third-order valence-corrected chi connectivity index (χ3v) is 10.6. The predicted octanol–water partition coefficient (Wildman–Crippen LogP) is 4.61. The number of fused-ring (bicyclic) bond motifs is 1. The van der Waals surface area contributed by atoms with E-state index < -0.39 is 40.7 Å². The summed E-state index contributed by atoms with van der Waals surface area (Å²) < 4.78 is 37.8. The highest BCUT2D eigenvalue weighted by Gasteiger charge is 2.42. The lowest BCUT2D eigenvalue weighted by atomic mass is 10.1. The molecule has 2 saturated carbocycles. The van der Waals surface area contributed by atoms with E-state index >= 15 is 0 Å². The Morgan fingerprint density at radius 2 is 1.84 bits per heavy atom. The van der Waals surface area contributed by atoms with Crippen LogP contribution in [0.2, 0.25) is 0 Å². The fourth-order valence-corrected chi connectivity index (χ4v) is 7.03. The maximum absolute atomic E-state index is 13.1. The second-order valence-corrected chi connectivity index (χ2v) is 16.4. The van der Waals surface area contributed by atoms with Crippen molar-refractivity contribution in [2.24, 2.45) is 17.6 Å². The maximum atomic E-state index is 13.1. The Labute approximate surface area is 330 Å². The minimum absolute atomic E-state index is 0.0292. The van der Waals surface area contributed by atoms with Crippen molar-refractivity contribution < 1.29 is 51.9 Å². The normalized spacial score (nSPS) is 20.8. The molecule has 1 aromatic carbocycles. The monoisotopic (exact) mass is 805 g/mol. The summed E-state index contributed by atoms with van der Waals surface area (Å²) in [5, 5.41) is 11.2. The van der Waals surface area contributed by atoms with E-state index in [1.807, 2.05) is 6.92 Å². The molecule has 5 rings (SSSR count). The van der Waals surface area contributed by atoms with Gasteiger partial charge in [0.15, 0.2) is 0 Å². The molecule has 2 aliphatic heterocycles. The van der Waals surface area contributed by atoms with Gasteiger partial charge >= 0.3 is 18.2 Å². The molecule has 4 aliphatic rings. The standard InChI is InChI=1S/C18H27NO4S.C12H21N3O4.C9H8FNO2/c1-3-7-17(20)23-14(4-2)9-6-5-8-13-12-16(13)18(21)19-24(22)15-10-11-15;1-12(2,3)19-11(18)14-7-9(16)15-6-4-5-8(15)10(13)17;10-8-3-1-2-6-4-11(9(12)13)5-7(6)8/h3,5,7-8,13-16H,4,6,9-12H2,1-2H3,(H,19,21);8H,4-7H2,1-3H3,(H2,13,17)(H,14,18);1-3H,4-5H2,(H,12,13)/b7-3+,8-5-;;. The molecular weight excluding hydrogens is 750 g/mol. The summed E-state index contributed by atoms with van der Waals surface area (Å²) in [5.74, 6) is -1.31. The molecule has 3 fully saturated rings. The van der Waals surface area contributed by atoms with E-state index in [9.17, 15) is 37.4 Å². The fraction of sp³-hybridized carbons (Fsp3) is 0.590. The van der Waals surface area contributed by atoms with Crippen molar-refractivity contribution in [1.82, 2.24) is 19.8 Å². The number of likely N-dealkylation sites (tertiary alicyclic amines) is 1. The van der Waals surface area contributed by atoms with Crippen molar-refractivity contribution in [3.63, 3.8) is 0 Å². The molecule has 0 spiro atoms. The molecule has 0 bridgehead atoms. The number of halogens is 1. The van der Waals surface area contributed by atoms with Gasteiger partial charge in [-0.15, -0.1) is 0 Å². The van der Waals surface area contributed by atoms with Gasteiger partial charge in [-0.3, -0.25) is 24.0 Å². The molecule has 15 nitrogen and oxygen atoms in total. The number of nitrogens with two attached hydrogens (primary N) is 1. The molecule has 5 amide bonds. The number of esters is 1. The zero-order valence-electron chi connectivity index (χ0n) is 32.8. The average Bonchev–Trinajstić information content (AvgIpc) is 4.02. The first-order valence-corrected chi connectivity index (χ1v) is 20.2. The summed E-state index contributed by atoms with van der Waals surface area (Å²) in [6.45, 7) is 9.74. The minimum atomic E-state index is -1.19. The van der Waals surface area contributed by atoms with Crippen LogP contribution in [0.5, 0.6) is 0 Å². The largest absolute Gasteiger partial charge is 0.465 e. The molecule has 0 aromatic heterocycles. The number of hydrogen-bond donors (Lipinski definition) is 4. The number of carboxylic acid groups (broad SMARTS) is 1. The molecule has 2 heterocycles. The number of hydrogen-bond acceptors (Lipinski definition) is 9. The predicted molar refractivity (Wildman–Crippen MR) is 206 cm³/mol. The first kappa shape index (κ1) is 45.6. The highest BCUT2D eigenvalue weighted by atomic mass is 32.2. The zero-order valence-corrected chi connectivity index (χ0v) is 33.6. The number of nitrogens with zero attached hydrogens (tertiary/aromatic N) is 2. The molecule has 5 N–H and O–H groups in total. The topological polar surface area (TPSA) is 215 Å². The second-order valence-electron chi connectivity index (χ2n) is 15.0. The number of nitrogens with one attached hydrogen (secondary N) is 2. The Kier molecular flexibility index (Phi) is 17.5. The van der Waals surface area contributed by atoms with Crippen molar-refractivity contribution >= 4 is 46.9 Å². The Morgan fingerprint density at radius 3 is 2.43 bits per heavy atom. The third-order valence-electron chi connectivity index (χ3n) is 9.17. The van der Waals surface area contributed by atoms with E-state index in [4.69, 9.17) is 20.3 Å². The molecule has 1 aromatic rings. The number of rotatable bonds is 13. The van der Waals surface area contributed by atoms with E-state index in [0.717, 1.165) is 50.5 Å². The van der Waals surface area contributed by atoms with Crippen LogP contribution in [0.4, 0.5) is 14.0 Å². The van der Waals surface area contributed by atoms with E-state index in [1.54, 1.807) is 45.9 Å². The Bertz CT molecular complexity index is 1660. The number of benzene rings is 1. The second kappa shape index (κ2) is 21.5. The van der Waals surface area contributed by atoms with Gasteiger partial charge in [0.05, 0.1) is 11.8 Å². The number of amides is 5. The smallest absolute Gasteiger partial charge is 0.408 e. The van der Waals surface area contributed by atoms with Gasteiger partial charge in [-0.1, -0.05) is 37.3 Å². The summed E-state index contributed by atoms with van der Waals surface area (Å²) in [4.78, 5) is 71.0. The summed E-state index contributed by atoms with van der Waals surface area (Å²) in [7, 11) is -1.19. The van der Waals surface area contributed by atoms with Crippen LogP contribution in [0.15, 0.2) is 42.5 Å². The van der Waals surface area contributed by atoms with Gasteiger partial charge in [0.2, 0.25) is 17.7 Å². The lowest BCUT2D eigenvalue weighted by Gasteiger charge is -2.23. The average molecular weight is 806 g/mol. The van der Waals surface area contributed by atoms with Crippen LogP contribution in [0.3, 0.4) is 0 Å². The SMILES string of the molecule is C/C=C/C(=O)OC(CC)CC/C=C\C1CC1C(=O)NS(=O)C1CC1.CC(C)(C)OC(=O)NCC(=O)N1CCCC1C(N)=O.O=C(O)N1Cc2cccc(F)c2C1. The van der Waals surface area contributed by atoms with Crippen LogP contribution in [0.1, 0.15) is 97.1 Å². The van der Waals surface area contributed by atoms with Gasteiger partial charge in [-0.25, -0.2) is 23.0 Å². The molecule has 5 unspecified atom stereocenters. The van der Waals surface area contributed by atoms with Gasteiger partial charge in [0, 0.05) is 30.6 Å². The lowest BCUT2D eigenvalue weighted by molar-refractivity contribution is -0.143. The first-order valence-electron chi connectivity index (χ1n) is 18.9. The fourth-order valence-electron chi connectivity index (χ4n) is 5.95. The van der Waals surface area contributed by atoms with Crippen LogP contribution >= 0.6 is 0 Å². The Balaban J connectivity index is 0.000000235. The number of carbonyl (C=O) groups is 6. The number of carbonyl (C=O) groups excluding carboxylic acids is 5. The summed E-state index contributed by atoms with van der Waals surface area (Å²) in [5.41, 5.74) is 5.88. The molecular formula is C39H56FN5O10S. The van der Waals surface area contributed by atoms with Crippen LogP contribution in [0.25, 0.3) is 0 Å². The molecule has 2 aliphatic carbocycles. The summed E-state index contributed by atoms with van der Waals surface area (Å²) in [6.07, 6.45) is 11.9. The Morgan fingerprint density at radius 1 is 1.12 bits per heavy atom. The van der Waals surface area contributed by atoms with E-state index in [0.29, 0.717) is 25.1 Å². The maximum Gasteiger partial charge on any atom is 0.408 e. The van der Waals surface area contributed by atoms with E-state index in [2.05, 4.69) is 22.2 Å². The summed E-state index contributed by atoms with van der Waals surface area (Å²) >= 11 is 0. The molecule has 56 heavy (non-hydrogen) atoms. The number of alkyl carbamates (subject to hydrolysis) is 1. The van der Waals surface area contributed by atoms with Gasteiger partial charge < -0.3 is 30.5 Å². The minimum Gasteiger partial charge on any atom is -0.465 e. The van der Waals surface area contributed by atoms with Crippen molar-refractivity contribution in [1.29, 1.82) is 0 Å². The molecule has 1 saturated heterocycles. The van der Waals surface area contributed by atoms with Gasteiger partial charge in [0.25, 0.3) is 0 Å². The Hall–Kier alpha value is -4.80. The lowest BCUT2D eigenvalue weighted by Crippen LogP contribution is -2.48. The first-order chi connectivity index (χ1) is 26.4.